The molecule has 1 aromatic heterocycles. The number of carbonyl (C=O) groups is 1. The Balaban J connectivity index is 2.54. The summed E-state index contributed by atoms with van der Waals surface area (Å²) >= 11 is 5.95. The summed E-state index contributed by atoms with van der Waals surface area (Å²) in [5.41, 5.74) is -0.0654. The summed E-state index contributed by atoms with van der Waals surface area (Å²) in [4.78, 5) is 15.5. The quantitative estimate of drug-likeness (QED) is 0.615. The number of pyridine rings is 1. The lowest BCUT2D eigenvalue weighted by Gasteiger charge is -2.11. The van der Waals surface area contributed by atoms with Gasteiger partial charge in [-0.1, -0.05) is 23.7 Å². The van der Waals surface area contributed by atoms with Gasteiger partial charge in [0.05, 0.1) is 18.2 Å². The van der Waals surface area contributed by atoms with Crippen molar-refractivity contribution in [1.82, 2.24) is 4.98 Å². The van der Waals surface area contributed by atoms with Gasteiger partial charge in [0.1, 0.15) is 5.15 Å². The third-order valence-corrected chi connectivity index (χ3v) is 3.10. The number of rotatable bonds is 2. The lowest BCUT2D eigenvalue weighted by atomic mass is 10.0. The Morgan fingerprint density at radius 2 is 1.81 bits per heavy atom. The normalized spacial score (nSPS) is 11.3. The summed E-state index contributed by atoms with van der Waals surface area (Å²) in [5.74, 6) is -0.644. The minimum Gasteiger partial charge on any atom is -0.465 e. The van der Waals surface area contributed by atoms with Gasteiger partial charge in [-0.25, -0.2) is 9.78 Å². The highest BCUT2D eigenvalue weighted by molar-refractivity contribution is 6.33. The van der Waals surface area contributed by atoms with Gasteiger partial charge in [-0.15, -0.1) is 0 Å². The van der Waals surface area contributed by atoms with Crippen LogP contribution in [0.3, 0.4) is 0 Å². The molecule has 0 unspecified atom stereocenters. The van der Waals surface area contributed by atoms with Gasteiger partial charge in [0, 0.05) is 11.8 Å². The predicted molar refractivity (Wildman–Crippen MR) is 71.0 cm³/mol. The maximum absolute atomic E-state index is 12.6. The largest absolute Gasteiger partial charge is 0.465 e. The lowest BCUT2D eigenvalue weighted by molar-refractivity contribution is -0.137. The second-order valence-electron chi connectivity index (χ2n) is 4.09. The van der Waals surface area contributed by atoms with Crippen molar-refractivity contribution in [2.45, 2.75) is 6.18 Å². The van der Waals surface area contributed by atoms with Crippen LogP contribution in [0.1, 0.15) is 15.9 Å². The number of alkyl halides is 3. The molecular weight excluding hydrogens is 307 g/mol. The van der Waals surface area contributed by atoms with E-state index in [4.69, 9.17) is 11.6 Å². The molecule has 1 heterocycles. The molecule has 0 spiro atoms. The molecule has 21 heavy (non-hydrogen) atoms. The number of nitrogens with zero attached hydrogens (tertiary/aromatic N) is 1. The molecule has 0 aliphatic heterocycles. The predicted octanol–water partition coefficient (Wildman–Crippen LogP) is 4.21. The second kappa shape index (κ2) is 5.73. The van der Waals surface area contributed by atoms with Crippen LogP contribution in [0.25, 0.3) is 11.1 Å². The van der Waals surface area contributed by atoms with E-state index in [-0.39, 0.29) is 16.3 Å². The van der Waals surface area contributed by atoms with Gasteiger partial charge in [-0.05, 0) is 23.8 Å². The number of ether oxygens (including phenoxy) is 1. The first-order valence-electron chi connectivity index (χ1n) is 5.75. The molecule has 2 rings (SSSR count). The van der Waals surface area contributed by atoms with E-state index in [0.717, 1.165) is 12.1 Å². The SMILES string of the molecule is COC(=O)c1ccnc(Cl)c1-c1ccc(C(F)(F)F)cc1. The fraction of sp³-hybridized carbons (Fsp3) is 0.143. The van der Waals surface area contributed by atoms with Gasteiger partial charge in [-0.2, -0.15) is 13.2 Å². The van der Waals surface area contributed by atoms with E-state index < -0.39 is 17.7 Å². The molecule has 0 fully saturated rings. The first-order chi connectivity index (χ1) is 9.84. The molecule has 7 heteroatoms. The van der Waals surface area contributed by atoms with Crippen molar-refractivity contribution in [2.75, 3.05) is 7.11 Å². The molecule has 0 saturated carbocycles. The summed E-state index contributed by atoms with van der Waals surface area (Å²) in [5, 5.41) is 0.0117. The van der Waals surface area contributed by atoms with Gasteiger partial charge in [0.25, 0.3) is 0 Å². The average Bonchev–Trinajstić information content (AvgIpc) is 2.45. The number of methoxy groups -OCH3 is 1. The maximum Gasteiger partial charge on any atom is 0.416 e. The zero-order valence-electron chi connectivity index (χ0n) is 10.7. The topological polar surface area (TPSA) is 39.2 Å². The van der Waals surface area contributed by atoms with Crippen LogP contribution in [0.2, 0.25) is 5.15 Å². The van der Waals surface area contributed by atoms with Crippen molar-refractivity contribution in [3.8, 4) is 11.1 Å². The van der Waals surface area contributed by atoms with E-state index in [1.807, 2.05) is 0 Å². The highest BCUT2D eigenvalue weighted by Crippen LogP contribution is 2.34. The number of hydrogen-bond donors (Lipinski definition) is 0. The van der Waals surface area contributed by atoms with Gasteiger partial charge in [0.2, 0.25) is 0 Å². The Labute approximate surface area is 123 Å². The molecule has 0 bridgehead atoms. The summed E-state index contributed by atoms with van der Waals surface area (Å²) in [6.45, 7) is 0. The minimum atomic E-state index is -4.43. The standard InChI is InChI=1S/C14H9ClF3NO2/c1-21-13(20)10-6-7-19-12(15)11(10)8-2-4-9(5-3-8)14(16,17)18/h2-7H,1H3. The Hall–Kier alpha value is -2.08. The van der Waals surface area contributed by atoms with Crippen LogP contribution in [0.5, 0.6) is 0 Å². The number of benzene rings is 1. The molecular formula is C14H9ClF3NO2. The fourth-order valence-electron chi connectivity index (χ4n) is 1.82. The third-order valence-electron chi connectivity index (χ3n) is 2.81. The minimum absolute atomic E-state index is 0.0117. The van der Waals surface area contributed by atoms with E-state index in [0.29, 0.717) is 5.56 Å². The second-order valence-corrected chi connectivity index (χ2v) is 4.45. The van der Waals surface area contributed by atoms with E-state index in [1.54, 1.807) is 0 Å². The van der Waals surface area contributed by atoms with Crippen molar-refractivity contribution < 1.29 is 22.7 Å². The van der Waals surface area contributed by atoms with E-state index in [1.165, 1.54) is 31.5 Å². The fourth-order valence-corrected chi connectivity index (χ4v) is 2.08. The molecule has 0 atom stereocenters. The number of halogens is 4. The van der Waals surface area contributed by atoms with Crippen LogP contribution in [0, 0.1) is 0 Å². The smallest absolute Gasteiger partial charge is 0.416 e. The summed E-state index contributed by atoms with van der Waals surface area (Å²) in [6, 6.07) is 5.69. The molecule has 3 nitrogen and oxygen atoms in total. The van der Waals surface area contributed by atoms with Crippen LogP contribution in [0.4, 0.5) is 13.2 Å². The first kappa shape index (κ1) is 15.3. The Kier molecular flexibility index (Phi) is 4.18. The molecule has 2 aromatic rings. The van der Waals surface area contributed by atoms with E-state index >= 15 is 0 Å². The van der Waals surface area contributed by atoms with E-state index in [2.05, 4.69) is 9.72 Å². The van der Waals surface area contributed by atoms with Gasteiger partial charge >= 0.3 is 12.1 Å². The summed E-state index contributed by atoms with van der Waals surface area (Å²) < 4.78 is 42.3. The Morgan fingerprint density at radius 3 is 2.33 bits per heavy atom. The van der Waals surface area contributed by atoms with Crippen LogP contribution >= 0.6 is 11.6 Å². The molecule has 0 N–H and O–H groups in total. The number of carbonyl (C=O) groups excluding carboxylic acids is 1. The average molecular weight is 316 g/mol. The highest BCUT2D eigenvalue weighted by atomic mass is 35.5. The van der Waals surface area contributed by atoms with Crippen molar-refractivity contribution in [1.29, 1.82) is 0 Å². The molecule has 110 valence electrons. The third kappa shape index (κ3) is 3.16. The van der Waals surface area contributed by atoms with Crippen LogP contribution in [0.15, 0.2) is 36.5 Å². The molecule has 0 amide bonds. The summed E-state index contributed by atoms with van der Waals surface area (Å²) in [6.07, 6.45) is -3.11. The van der Waals surface area contributed by atoms with Crippen molar-refractivity contribution in [3.63, 3.8) is 0 Å². The zero-order chi connectivity index (χ0) is 15.6. The van der Waals surface area contributed by atoms with Crippen LogP contribution < -0.4 is 0 Å². The number of hydrogen-bond acceptors (Lipinski definition) is 3. The highest BCUT2D eigenvalue weighted by Gasteiger charge is 2.30. The van der Waals surface area contributed by atoms with E-state index in [9.17, 15) is 18.0 Å². The first-order valence-corrected chi connectivity index (χ1v) is 6.13. The van der Waals surface area contributed by atoms with Gasteiger partial charge in [0.15, 0.2) is 0 Å². The molecule has 0 saturated heterocycles. The molecule has 0 radical (unpaired) electrons. The van der Waals surface area contributed by atoms with Crippen LogP contribution in [-0.4, -0.2) is 18.1 Å². The van der Waals surface area contributed by atoms with Gasteiger partial charge in [-0.3, -0.25) is 0 Å². The maximum atomic E-state index is 12.6. The van der Waals surface area contributed by atoms with Crippen molar-refractivity contribution >= 4 is 17.6 Å². The van der Waals surface area contributed by atoms with Crippen molar-refractivity contribution in [2.24, 2.45) is 0 Å². The Bertz CT molecular complexity index is 669. The molecule has 0 aliphatic rings. The molecule has 0 aliphatic carbocycles. The zero-order valence-corrected chi connectivity index (χ0v) is 11.5. The van der Waals surface area contributed by atoms with Crippen molar-refractivity contribution in [3.05, 3.63) is 52.8 Å². The monoisotopic (exact) mass is 315 g/mol. The van der Waals surface area contributed by atoms with Crippen LogP contribution in [-0.2, 0) is 10.9 Å². The Morgan fingerprint density at radius 1 is 1.19 bits per heavy atom. The number of esters is 1. The van der Waals surface area contributed by atoms with Gasteiger partial charge < -0.3 is 4.74 Å². The molecule has 1 aromatic carbocycles. The summed E-state index contributed by atoms with van der Waals surface area (Å²) in [7, 11) is 1.20. The number of aromatic nitrogens is 1. The lowest BCUT2D eigenvalue weighted by Crippen LogP contribution is -2.06.